The first-order valence-electron chi connectivity index (χ1n) is 5.64. The van der Waals surface area contributed by atoms with Gasteiger partial charge in [-0.25, -0.2) is 8.78 Å². The van der Waals surface area contributed by atoms with Crippen LogP contribution in [-0.2, 0) is 0 Å². The summed E-state index contributed by atoms with van der Waals surface area (Å²) in [7, 11) is 0. The first-order valence-corrected chi connectivity index (χ1v) is 5.64. The fraction of sp³-hybridized carbons (Fsp3) is 0.0667. The summed E-state index contributed by atoms with van der Waals surface area (Å²) in [6, 6.07) is 12.5. The molecule has 92 valence electrons. The Hall–Kier alpha value is -2.00. The summed E-state index contributed by atoms with van der Waals surface area (Å²) in [5.74, 6) is -0.777. The highest BCUT2D eigenvalue weighted by Crippen LogP contribution is 2.27. The summed E-state index contributed by atoms with van der Waals surface area (Å²) in [5, 5.41) is 0. The first-order chi connectivity index (χ1) is 8.74. The predicted molar refractivity (Wildman–Crippen MR) is 68.9 cm³/mol. The average Bonchev–Trinajstić information content (AvgIpc) is 2.38. The van der Waals surface area contributed by atoms with Gasteiger partial charge in [0.25, 0.3) is 0 Å². The van der Waals surface area contributed by atoms with Gasteiger partial charge in [0.2, 0.25) is 0 Å². The number of halogens is 2. The molecule has 0 radical (unpaired) electrons. The third-order valence-corrected chi connectivity index (χ3v) is 2.65. The second-order valence-corrected chi connectivity index (χ2v) is 3.81. The summed E-state index contributed by atoms with van der Waals surface area (Å²) in [5.41, 5.74) is 6.67. The lowest BCUT2D eigenvalue weighted by atomic mass is 9.96. The van der Waals surface area contributed by atoms with E-state index >= 15 is 0 Å². The lowest BCUT2D eigenvalue weighted by Gasteiger charge is -2.10. The number of hydrogen-bond acceptors (Lipinski definition) is 1. The van der Waals surface area contributed by atoms with Crippen LogP contribution < -0.4 is 5.73 Å². The molecule has 2 rings (SSSR count). The molecule has 2 aromatic rings. The van der Waals surface area contributed by atoms with Gasteiger partial charge in [-0.3, -0.25) is 0 Å². The molecule has 2 N–H and O–H groups in total. The monoisotopic (exact) mass is 245 g/mol. The van der Waals surface area contributed by atoms with Crippen molar-refractivity contribution in [1.82, 2.24) is 0 Å². The van der Waals surface area contributed by atoms with Gasteiger partial charge in [0.1, 0.15) is 11.6 Å². The Labute approximate surface area is 105 Å². The van der Waals surface area contributed by atoms with E-state index in [4.69, 9.17) is 5.73 Å². The Bertz CT molecular complexity index is 529. The minimum atomic E-state index is -0.388. The van der Waals surface area contributed by atoms with Crippen LogP contribution in [0, 0.1) is 11.6 Å². The molecule has 0 heterocycles. The highest BCUT2D eigenvalue weighted by Gasteiger charge is 2.12. The van der Waals surface area contributed by atoms with Crippen LogP contribution in [0.2, 0.25) is 0 Å². The van der Waals surface area contributed by atoms with Gasteiger partial charge in [0, 0.05) is 17.7 Å². The van der Waals surface area contributed by atoms with Crippen LogP contribution in [0.4, 0.5) is 8.78 Å². The van der Waals surface area contributed by atoms with Crippen LogP contribution in [0.1, 0.15) is 11.1 Å². The van der Waals surface area contributed by atoms with Crippen LogP contribution in [0.3, 0.4) is 0 Å². The van der Waals surface area contributed by atoms with E-state index in [1.165, 1.54) is 12.1 Å². The SMILES string of the molecule is NCC=C(c1ccccc1F)c1ccccc1F. The molecule has 0 unspecified atom stereocenters. The molecule has 0 aliphatic rings. The highest BCUT2D eigenvalue weighted by atomic mass is 19.1. The van der Waals surface area contributed by atoms with Crippen molar-refractivity contribution < 1.29 is 8.78 Å². The average molecular weight is 245 g/mol. The quantitative estimate of drug-likeness (QED) is 0.881. The van der Waals surface area contributed by atoms with E-state index in [1.54, 1.807) is 42.5 Å². The van der Waals surface area contributed by atoms with Gasteiger partial charge in [-0.1, -0.05) is 42.5 Å². The molecule has 0 spiro atoms. The molecule has 0 atom stereocenters. The second kappa shape index (κ2) is 5.56. The normalized spacial score (nSPS) is 10.2. The minimum Gasteiger partial charge on any atom is -0.327 e. The number of nitrogens with two attached hydrogens (primary N) is 1. The standard InChI is InChI=1S/C15H13F2N/c16-14-7-3-1-5-12(14)11(9-10-18)13-6-2-4-8-15(13)17/h1-9H,10,18H2. The number of benzene rings is 2. The maximum atomic E-state index is 13.8. The van der Waals surface area contributed by atoms with E-state index in [0.717, 1.165) is 0 Å². The molecule has 3 heteroatoms. The molecule has 1 nitrogen and oxygen atoms in total. The molecule has 0 saturated carbocycles. The molecule has 0 aromatic heterocycles. The van der Waals surface area contributed by atoms with Gasteiger partial charge in [0.05, 0.1) is 0 Å². The van der Waals surface area contributed by atoms with Crippen molar-refractivity contribution in [2.75, 3.05) is 6.54 Å². The van der Waals surface area contributed by atoms with Gasteiger partial charge >= 0.3 is 0 Å². The molecule has 0 amide bonds. The zero-order valence-corrected chi connectivity index (χ0v) is 9.74. The van der Waals surface area contributed by atoms with E-state index in [-0.39, 0.29) is 18.2 Å². The molecular formula is C15H13F2N. The van der Waals surface area contributed by atoms with E-state index in [9.17, 15) is 8.78 Å². The molecule has 2 aromatic carbocycles. The molecule has 0 bridgehead atoms. The maximum absolute atomic E-state index is 13.8. The maximum Gasteiger partial charge on any atom is 0.131 e. The summed E-state index contributed by atoms with van der Waals surface area (Å²) >= 11 is 0. The van der Waals surface area contributed by atoms with Crippen molar-refractivity contribution in [1.29, 1.82) is 0 Å². The summed E-state index contributed by atoms with van der Waals surface area (Å²) in [4.78, 5) is 0. The van der Waals surface area contributed by atoms with Crippen LogP contribution in [0.25, 0.3) is 5.57 Å². The lowest BCUT2D eigenvalue weighted by molar-refractivity contribution is 0.618. The lowest BCUT2D eigenvalue weighted by Crippen LogP contribution is -2.00. The number of rotatable bonds is 3. The van der Waals surface area contributed by atoms with Gasteiger partial charge < -0.3 is 5.73 Å². The Morgan fingerprint density at radius 3 is 1.72 bits per heavy atom. The second-order valence-electron chi connectivity index (χ2n) is 3.81. The van der Waals surface area contributed by atoms with E-state index in [0.29, 0.717) is 16.7 Å². The van der Waals surface area contributed by atoms with Crippen molar-refractivity contribution in [2.45, 2.75) is 0 Å². The number of hydrogen-bond donors (Lipinski definition) is 1. The van der Waals surface area contributed by atoms with Crippen molar-refractivity contribution in [3.8, 4) is 0 Å². The van der Waals surface area contributed by atoms with E-state index < -0.39 is 0 Å². The van der Waals surface area contributed by atoms with Crippen LogP contribution in [0.15, 0.2) is 54.6 Å². The Morgan fingerprint density at radius 2 is 1.33 bits per heavy atom. The third kappa shape index (κ3) is 2.46. The van der Waals surface area contributed by atoms with Gasteiger partial charge in [-0.2, -0.15) is 0 Å². The third-order valence-electron chi connectivity index (χ3n) is 2.65. The Morgan fingerprint density at radius 1 is 0.889 bits per heavy atom. The summed E-state index contributed by atoms with van der Waals surface area (Å²) < 4.78 is 27.6. The molecular weight excluding hydrogens is 232 g/mol. The van der Waals surface area contributed by atoms with E-state index in [1.807, 2.05) is 0 Å². The fourth-order valence-corrected chi connectivity index (χ4v) is 1.84. The van der Waals surface area contributed by atoms with Gasteiger partial charge in [-0.05, 0) is 17.7 Å². The molecule has 0 saturated heterocycles. The topological polar surface area (TPSA) is 26.0 Å². The molecule has 0 aliphatic heterocycles. The van der Waals surface area contributed by atoms with Crippen LogP contribution in [-0.4, -0.2) is 6.54 Å². The molecule has 18 heavy (non-hydrogen) atoms. The van der Waals surface area contributed by atoms with Crippen molar-refractivity contribution in [3.63, 3.8) is 0 Å². The summed E-state index contributed by atoms with van der Waals surface area (Å²) in [6.45, 7) is 0.220. The van der Waals surface area contributed by atoms with Crippen molar-refractivity contribution in [3.05, 3.63) is 77.4 Å². The Balaban J connectivity index is 2.59. The van der Waals surface area contributed by atoms with Crippen molar-refractivity contribution >= 4 is 5.57 Å². The van der Waals surface area contributed by atoms with Gasteiger partial charge in [0.15, 0.2) is 0 Å². The largest absolute Gasteiger partial charge is 0.327 e. The highest BCUT2D eigenvalue weighted by molar-refractivity contribution is 5.80. The molecule has 0 aliphatic carbocycles. The van der Waals surface area contributed by atoms with Crippen molar-refractivity contribution in [2.24, 2.45) is 5.73 Å². The first kappa shape index (κ1) is 12.5. The van der Waals surface area contributed by atoms with Gasteiger partial charge in [-0.15, -0.1) is 0 Å². The zero-order valence-electron chi connectivity index (χ0n) is 9.74. The minimum absolute atomic E-state index is 0.220. The zero-order chi connectivity index (χ0) is 13.0. The van der Waals surface area contributed by atoms with Crippen LogP contribution in [0.5, 0.6) is 0 Å². The molecule has 0 fully saturated rings. The van der Waals surface area contributed by atoms with E-state index in [2.05, 4.69) is 0 Å². The predicted octanol–water partition coefficient (Wildman–Crippen LogP) is 3.36. The van der Waals surface area contributed by atoms with Crippen LogP contribution >= 0.6 is 0 Å². The Kier molecular flexibility index (Phi) is 3.85. The summed E-state index contributed by atoms with van der Waals surface area (Å²) in [6.07, 6.45) is 1.62. The fourth-order valence-electron chi connectivity index (χ4n) is 1.84. The smallest absolute Gasteiger partial charge is 0.131 e.